The molecule has 4 nitrogen and oxygen atoms in total. The predicted octanol–water partition coefficient (Wildman–Crippen LogP) is 2.39. The van der Waals surface area contributed by atoms with Crippen LogP contribution in [0.15, 0.2) is 42.6 Å². The van der Waals surface area contributed by atoms with Gasteiger partial charge in [0.1, 0.15) is 18.1 Å². The quantitative estimate of drug-likeness (QED) is 0.864. The molecule has 1 aromatic heterocycles. The molecule has 0 amide bonds. The molecule has 0 bridgehead atoms. The van der Waals surface area contributed by atoms with Gasteiger partial charge in [0.2, 0.25) is 0 Å². The number of nitrogens with zero attached hydrogens (tertiary/aromatic N) is 1. The van der Waals surface area contributed by atoms with E-state index in [2.05, 4.69) is 10.3 Å². The third-order valence-electron chi connectivity index (χ3n) is 2.70. The molecule has 2 rings (SSSR count). The number of pyridine rings is 1. The number of rotatable bonds is 6. The molecule has 4 heteroatoms. The number of hydrogen-bond donors (Lipinski definition) is 1. The molecule has 0 aliphatic carbocycles. The molecule has 100 valence electrons. The molecule has 0 saturated carbocycles. The maximum Gasteiger partial charge on any atom is 0.138 e. The zero-order valence-electron chi connectivity index (χ0n) is 11.2. The van der Waals surface area contributed by atoms with E-state index in [1.807, 2.05) is 43.4 Å². The minimum absolute atomic E-state index is 0.504. The number of ether oxygens (including phenoxy) is 2. The number of methoxy groups -OCH3 is 1. The summed E-state index contributed by atoms with van der Waals surface area (Å²) < 4.78 is 10.9. The van der Waals surface area contributed by atoms with Crippen molar-refractivity contribution in [1.82, 2.24) is 10.3 Å². The second-order valence-corrected chi connectivity index (χ2v) is 4.16. The molecule has 0 aliphatic rings. The van der Waals surface area contributed by atoms with E-state index < -0.39 is 0 Å². The molecule has 1 heterocycles. The van der Waals surface area contributed by atoms with Crippen molar-refractivity contribution in [3.63, 3.8) is 0 Å². The summed E-state index contributed by atoms with van der Waals surface area (Å²) in [6, 6.07) is 11.7. The number of nitrogens with one attached hydrogen (secondary N) is 1. The Hall–Kier alpha value is -2.07. The number of aromatic nitrogens is 1. The maximum absolute atomic E-state index is 5.69. The smallest absolute Gasteiger partial charge is 0.138 e. The lowest BCUT2D eigenvalue weighted by atomic mass is 10.2. The van der Waals surface area contributed by atoms with E-state index in [4.69, 9.17) is 9.47 Å². The number of hydrogen-bond acceptors (Lipinski definition) is 4. The van der Waals surface area contributed by atoms with Gasteiger partial charge < -0.3 is 14.8 Å². The van der Waals surface area contributed by atoms with Crippen LogP contribution >= 0.6 is 0 Å². The monoisotopic (exact) mass is 258 g/mol. The number of benzene rings is 1. The fourth-order valence-electron chi connectivity index (χ4n) is 1.71. The van der Waals surface area contributed by atoms with Gasteiger partial charge in [-0.3, -0.25) is 4.98 Å². The second-order valence-electron chi connectivity index (χ2n) is 4.16. The van der Waals surface area contributed by atoms with Gasteiger partial charge in [-0.25, -0.2) is 0 Å². The first kappa shape index (κ1) is 13.4. The Bertz CT molecular complexity index is 512. The summed E-state index contributed by atoms with van der Waals surface area (Å²) in [6.07, 6.45) is 1.74. The summed E-state index contributed by atoms with van der Waals surface area (Å²) >= 11 is 0. The Morgan fingerprint density at radius 2 is 2.05 bits per heavy atom. The van der Waals surface area contributed by atoms with Crippen molar-refractivity contribution in [2.45, 2.75) is 13.2 Å². The minimum Gasteiger partial charge on any atom is -0.497 e. The molecule has 0 atom stereocenters. The van der Waals surface area contributed by atoms with E-state index in [1.165, 1.54) is 0 Å². The lowest BCUT2D eigenvalue weighted by Gasteiger charge is -2.08. The Balaban J connectivity index is 1.94. The highest BCUT2D eigenvalue weighted by Crippen LogP contribution is 2.15. The molecule has 0 radical (unpaired) electrons. The minimum atomic E-state index is 0.504. The normalized spacial score (nSPS) is 10.2. The molecule has 0 spiro atoms. The zero-order chi connectivity index (χ0) is 13.5. The highest BCUT2D eigenvalue weighted by atomic mass is 16.5. The second kappa shape index (κ2) is 6.75. The van der Waals surface area contributed by atoms with Crippen LogP contribution in [0.2, 0.25) is 0 Å². The SMILES string of the molecule is CNCc1ccc(OCc2cccc(OC)c2)cn1. The maximum atomic E-state index is 5.69. The van der Waals surface area contributed by atoms with Crippen molar-refractivity contribution < 1.29 is 9.47 Å². The standard InChI is InChI=1S/C15H18N2O2/c1-16-9-13-6-7-15(10-17-13)19-11-12-4-3-5-14(8-12)18-2/h3-8,10,16H,9,11H2,1-2H3. The Kier molecular flexibility index (Phi) is 4.75. The van der Waals surface area contributed by atoms with Crippen molar-refractivity contribution in [3.8, 4) is 11.5 Å². The van der Waals surface area contributed by atoms with Crippen LogP contribution in [0.5, 0.6) is 11.5 Å². The molecular formula is C15H18N2O2. The van der Waals surface area contributed by atoms with Crippen LogP contribution in [0.4, 0.5) is 0 Å². The van der Waals surface area contributed by atoms with Crippen molar-refractivity contribution in [3.05, 3.63) is 53.9 Å². The molecule has 0 fully saturated rings. The van der Waals surface area contributed by atoms with Gasteiger partial charge in [0, 0.05) is 6.54 Å². The fraction of sp³-hybridized carbons (Fsp3) is 0.267. The van der Waals surface area contributed by atoms with Gasteiger partial charge in [-0.15, -0.1) is 0 Å². The first-order valence-electron chi connectivity index (χ1n) is 6.17. The molecule has 0 unspecified atom stereocenters. The summed E-state index contributed by atoms with van der Waals surface area (Å²) in [7, 11) is 3.55. The van der Waals surface area contributed by atoms with Crippen molar-refractivity contribution >= 4 is 0 Å². The summed E-state index contributed by atoms with van der Waals surface area (Å²) in [5.74, 6) is 1.60. The van der Waals surface area contributed by atoms with E-state index in [-0.39, 0.29) is 0 Å². The van der Waals surface area contributed by atoms with E-state index in [9.17, 15) is 0 Å². The highest BCUT2D eigenvalue weighted by Gasteiger charge is 1.99. The van der Waals surface area contributed by atoms with Crippen LogP contribution in [0.3, 0.4) is 0 Å². The van der Waals surface area contributed by atoms with Crippen LogP contribution in [0.1, 0.15) is 11.3 Å². The van der Waals surface area contributed by atoms with Crippen molar-refractivity contribution in [2.24, 2.45) is 0 Å². The molecular weight excluding hydrogens is 240 g/mol. The highest BCUT2D eigenvalue weighted by molar-refractivity contribution is 5.28. The predicted molar refractivity (Wildman–Crippen MR) is 74.3 cm³/mol. The summed E-state index contributed by atoms with van der Waals surface area (Å²) in [6.45, 7) is 1.26. The average molecular weight is 258 g/mol. The molecule has 0 aliphatic heterocycles. The Labute approximate surface area is 113 Å². The molecule has 1 aromatic carbocycles. The molecule has 0 saturated heterocycles. The van der Waals surface area contributed by atoms with Gasteiger partial charge >= 0.3 is 0 Å². The van der Waals surface area contributed by atoms with Crippen molar-refractivity contribution in [2.75, 3.05) is 14.2 Å². The zero-order valence-corrected chi connectivity index (χ0v) is 11.2. The van der Waals surface area contributed by atoms with Gasteiger partial charge in [-0.05, 0) is 36.9 Å². The molecule has 19 heavy (non-hydrogen) atoms. The van der Waals surface area contributed by atoms with Gasteiger partial charge in [-0.2, -0.15) is 0 Å². The summed E-state index contributed by atoms with van der Waals surface area (Å²) in [4.78, 5) is 4.30. The summed E-state index contributed by atoms with van der Waals surface area (Å²) in [5.41, 5.74) is 2.06. The lowest BCUT2D eigenvalue weighted by molar-refractivity contribution is 0.303. The van der Waals surface area contributed by atoms with Crippen LogP contribution in [-0.2, 0) is 13.2 Å². The molecule has 2 aromatic rings. The molecule has 1 N–H and O–H groups in total. The third kappa shape index (κ3) is 3.96. The third-order valence-corrected chi connectivity index (χ3v) is 2.70. The van der Waals surface area contributed by atoms with E-state index in [1.54, 1.807) is 13.3 Å². The van der Waals surface area contributed by atoms with Crippen LogP contribution in [0, 0.1) is 0 Å². The van der Waals surface area contributed by atoms with Crippen molar-refractivity contribution in [1.29, 1.82) is 0 Å². The van der Waals surface area contributed by atoms with Gasteiger partial charge in [-0.1, -0.05) is 12.1 Å². The van der Waals surface area contributed by atoms with Crippen LogP contribution < -0.4 is 14.8 Å². The van der Waals surface area contributed by atoms with E-state index in [0.29, 0.717) is 6.61 Å². The first-order chi connectivity index (χ1) is 9.31. The Morgan fingerprint density at radius 1 is 1.16 bits per heavy atom. The lowest BCUT2D eigenvalue weighted by Crippen LogP contribution is -2.06. The van der Waals surface area contributed by atoms with E-state index in [0.717, 1.165) is 29.3 Å². The van der Waals surface area contributed by atoms with Gasteiger partial charge in [0.15, 0.2) is 0 Å². The topological polar surface area (TPSA) is 43.4 Å². The average Bonchev–Trinajstić information content (AvgIpc) is 2.47. The fourth-order valence-corrected chi connectivity index (χ4v) is 1.71. The first-order valence-corrected chi connectivity index (χ1v) is 6.17. The van der Waals surface area contributed by atoms with Gasteiger partial charge in [0.05, 0.1) is 19.0 Å². The van der Waals surface area contributed by atoms with Crippen LogP contribution in [0.25, 0.3) is 0 Å². The van der Waals surface area contributed by atoms with E-state index >= 15 is 0 Å². The Morgan fingerprint density at radius 3 is 2.74 bits per heavy atom. The largest absolute Gasteiger partial charge is 0.497 e. The summed E-state index contributed by atoms with van der Waals surface area (Å²) in [5, 5.41) is 3.06. The van der Waals surface area contributed by atoms with Crippen LogP contribution in [-0.4, -0.2) is 19.1 Å². The van der Waals surface area contributed by atoms with Gasteiger partial charge in [0.25, 0.3) is 0 Å².